The van der Waals surface area contributed by atoms with Crippen LogP contribution in [0.2, 0.25) is 0 Å². The fraction of sp³-hybridized carbons (Fsp3) is 1.00. The van der Waals surface area contributed by atoms with Crippen molar-refractivity contribution in [2.45, 2.75) is 238 Å². The minimum atomic E-state index is -4.68. The minimum Gasteiger partial charge on any atom is -0.390 e. The highest BCUT2D eigenvalue weighted by molar-refractivity contribution is 7.53. The first-order chi connectivity index (χ1) is 25.7. The Hall–Kier alpha value is -0.0100. The van der Waals surface area contributed by atoms with Crippen molar-refractivity contribution >= 4 is 7.60 Å². The van der Waals surface area contributed by atoms with Crippen molar-refractivity contribution in [3.8, 4) is 0 Å². The highest BCUT2D eigenvalue weighted by Crippen LogP contribution is 2.72. The van der Waals surface area contributed by atoms with Gasteiger partial charge in [-0.3, -0.25) is 4.57 Å². The smallest absolute Gasteiger partial charge is 0.357 e. The number of aliphatic hydroxyl groups is 2. The van der Waals surface area contributed by atoms with E-state index in [0.29, 0.717) is 30.1 Å². The van der Waals surface area contributed by atoms with Crippen LogP contribution in [0.1, 0.15) is 208 Å². The number of hydrogen-bond donors (Lipinski definition) is 4. The van der Waals surface area contributed by atoms with E-state index < -0.39 is 37.5 Å². The average molecular weight is 781 g/mol. The van der Waals surface area contributed by atoms with E-state index in [1.54, 1.807) is 0 Å². The molecule has 54 heavy (non-hydrogen) atoms. The Morgan fingerprint density at radius 2 is 1.35 bits per heavy atom. The molecule has 0 bridgehead atoms. The second-order valence-electron chi connectivity index (χ2n) is 20.3. The van der Waals surface area contributed by atoms with Gasteiger partial charge in [-0.15, -0.1) is 0 Å². The van der Waals surface area contributed by atoms with Crippen molar-refractivity contribution in [3.05, 3.63) is 0 Å². The molecule has 0 aromatic carbocycles. The van der Waals surface area contributed by atoms with Crippen molar-refractivity contribution in [1.29, 1.82) is 0 Å². The maximum Gasteiger partial charge on any atom is 0.357 e. The van der Waals surface area contributed by atoms with Gasteiger partial charge >= 0.3 is 7.60 Å². The van der Waals surface area contributed by atoms with Gasteiger partial charge in [-0.2, -0.15) is 0 Å². The Kier molecular flexibility index (Phi) is 16.6. The zero-order chi connectivity index (χ0) is 39.1. The van der Waals surface area contributed by atoms with E-state index in [4.69, 9.17) is 9.47 Å². The first-order valence-electron chi connectivity index (χ1n) is 23.5. The van der Waals surface area contributed by atoms with Crippen LogP contribution in [0.15, 0.2) is 0 Å². The van der Waals surface area contributed by atoms with Crippen LogP contribution in [0.25, 0.3) is 0 Å². The molecule has 0 amide bonds. The van der Waals surface area contributed by atoms with Crippen LogP contribution in [-0.2, 0) is 14.0 Å². The molecule has 5 rings (SSSR count). The van der Waals surface area contributed by atoms with Gasteiger partial charge < -0.3 is 29.5 Å². The second kappa shape index (κ2) is 19.8. The highest BCUT2D eigenvalue weighted by atomic mass is 31.2. The van der Waals surface area contributed by atoms with E-state index >= 15 is 0 Å². The van der Waals surface area contributed by atoms with Gasteiger partial charge in [-0.25, -0.2) is 0 Å². The van der Waals surface area contributed by atoms with Crippen molar-refractivity contribution in [3.63, 3.8) is 0 Å². The topological polar surface area (TPSA) is 116 Å². The molecule has 7 nitrogen and oxygen atoms in total. The normalized spacial score (nSPS) is 39.8. The fourth-order valence-corrected chi connectivity index (χ4v) is 14.7. The molecule has 8 unspecified atom stereocenters. The molecule has 316 valence electrons. The van der Waals surface area contributed by atoms with Gasteiger partial charge in [-0.1, -0.05) is 138 Å². The molecule has 4 N–H and O–H groups in total. The van der Waals surface area contributed by atoms with E-state index in [1.165, 1.54) is 109 Å². The summed E-state index contributed by atoms with van der Waals surface area (Å²) in [5.74, 6) is 3.84. The summed E-state index contributed by atoms with van der Waals surface area (Å²) in [6, 6.07) is 0. The van der Waals surface area contributed by atoms with Gasteiger partial charge in [0.2, 0.25) is 0 Å². The highest BCUT2D eigenvalue weighted by Gasteiger charge is 2.65. The summed E-state index contributed by atoms with van der Waals surface area (Å²) in [7, 11) is -4.68. The SMILES string of the molecule is CCCCCCCCCCCCCCCC(C)C(O)[C@H]1OC(OC2(P(=O)(O)O)CC[C@@]3(C)C(CCC4C3CC[C@@]3(C)C4CC[C@@H]3[C@H](C)CCC)C2)C[C@H]1O. The minimum absolute atomic E-state index is 0.0419. The standard InChI is InChI=1S/C46H85O7P/c1-7-9-10-11-12-13-14-15-16-17-18-19-20-22-34(4)42(48)43-40(47)31-41(52-43)53-46(54(49,50)51)30-29-44(5)35(32-46)23-24-36-38-26-25-37(33(3)21-8-2)45(38,6)28-27-39(36)44/h33-43,47-48H,7-32H2,1-6H3,(H2,49,50,51)/t33-,34?,35?,36?,37-,38?,39?,40-,41?,42?,43+,44+,45-,46?/m1/s1. The average Bonchev–Trinajstić information content (AvgIpc) is 3.68. The van der Waals surface area contributed by atoms with Crippen LogP contribution >= 0.6 is 7.60 Å². The van der Waals surface area contributed by atoms with Crippen LogP contribution in [0.5, 0.6) is 0 Å². The number of fused-ring (bicyclic) bond motifs is 5. The lowest BCUT2D eigenvalue weighted by Crippen LogP contribution is -2.56. The number of ether oxygens (including phenoxy) is 2. The lowest BCUT2D eigenvalue weighted by molar-refractivity contribution is -0.224. The molecule has 0 radical (unpaired) electrons. The van der Waals surface area contributed by atoms with Gasteiger partial charge in [0.15, 0.2) is 11.6 Å². The first-order valence-corrected chi connectivity index (χ1v) is 25.1. The van der Waals surface area contributed by atoms with Crippen LogP contribution < -0.4 is 0 Å². The maximum absolute atomic E-state index is 13.4. The third-order valence-corrected chi connectivity index (χ3v) is 18.4. The fourth-order valence-electron chi connectivity index (χ4n) is 13.5. The molecule has 5 aliphatic rings. The van der Waals surface area contributed by atoms with E-state index in [1.807, 2.05) is 6.92 Å². The molecule has 1 saturated heterocycles. The Morgan fingerprint density at radius 3 is 1.96 bits per heavy atom. The second-order valence-corrected chi connectivity index (χ2v) is 22.2. The molecule has 4 aliphatic carbocycles. The molecule has 4 saturated carbocycles. The van der Waals surface area contributed by atoms with Crippen molar-refractivity contribution in [1.82, 2.24) is 0 Å². The summed E-state index contributed by atoms with van der Waals surface area (Å²) >= 11 is 0. The quantitative estimate of drug-likeness (QED) is 0.0638. The molecule has 8 heteroatoms. The molecule has 0 aromatic rings. The maximum atomic E-state index is 13.4. The van der Waals surface area contributed by atoms with E-state index in [-0.39, 0.29) is 23.7 Å². The predicted octanol–water partition coefficient (Wildman–Crippen LogP) is 11.9. The lowest BCUT2D eigenvalue weighted by atomic mass is 9.44. The third-order valence-electron chi connectivity index (χ3n) is 16.9. The first kappa shape index (κ1) is 45.1. The Labute approximate surface area is 331 Å². The molecule has 14 atom stereocenters. The zero-order valence-corrected chi connectivity index (χ0v) is 36.6. The number of hydrogen-bond acceptors (Lipinski definition) is 5. The Bertz CT molecular complexity index is 1180. The Morgan fingerprint density at radius 1 is 0.741 bits per heavy atom. The van der Waals surface area contributed by atoms with Gasteiger partial charge in [0.1, 0.15) is 6.10 Å². The molecule has 5 fully saturated rings. The Balaban J connectivity index is 1.09. The summed E-state index contributed by atoms with van der Waals surface area (Å²) in [5, 5.41) is 20.7. The van der Waals surface area contributed by atoms with Crippen molar-refractivity contribution in [2.24, 2.45) is 52.3 Å². The molecule has 0 aromatic heterocycles. The van der Waals surface area contributed by atoms with Gasteiger partial charge in [0.25, 0.3) is 0 Å². The summed E-state index contributed by atoms with van der Waals surface area (Å²) < 4.78 is 26.0. The molecule has 1 aliphatic heterocycles. The van der Waals surface area contributed by atoms with Gasteiger partial charge in [0.05, 0.1) is 12.2 Å². The van der Waals surface area contributed by atoms with E-state index in [9.17, 15) is 24.6 Å². The molecular weight excluding hydrogens is 695 g/mol. The van der Waals surface area contributed by atoms with Crippen LogP contribution in [0.3, 0.4) is 0 Å². The number of rotatable bonds is 22. The largest absolute Gasteiger partial charge is 0.390 e. The van der Waals surface area contributed by atoms with Crippen LogP contribution in [0.4, 0.5) is 0 Å². The van der Waals surface area contributed by atoms with Crippen LogP contribution in [0, 0.1) is 52.3 Å². The number of unbranched alkanes of at least 4 members (excludes halogenated alkanes) is 12. The summed E-state index contributed by atoms with van der Waals surface area (Å²) in [6.07, 6.45) is 25.8. The van der Waals surface area contributed by atoms with E-state index in [0.717, 1.165) is 56.3 Å². The third kappa shape index (κ3) is 10.0. The number of aliphatic hydroxyl groups excluding tert-OH is 2. The summed E-state index contributed by atoms with van der Waals surface area (Å²) in [6.45, 7) is 14.2. The molecule has 0 spiro atoms. The summed E-state index contributed by atoms with van der Waals surface area (Å²) in [4.78, 5) is 21.9. The van der Waals surface area contributed by atoms with Crippen molar-refractivity contribution in [2.75, 3.05) is 0 Å². The van der Waals surface area contributed by atoms with Crippen LogP contribution in [-0.4, -0.2) is 49.9 Å². The lowest BCUT2D eigenvalue weighted by Gasteiger charge is -2.62. The zero-order valence-electron chi connectivity index (χ0n) is 35.7. The van der Waals surface area contributed by atoms with Gasteiger partial charge in [0, 0.05) is 6.42 Å². The van der Waals surface area contributed by atoms with Crippen molar-refractivity contribution < 1.29 is 34.0 Å². The monoisotopic (exact) mass is 781 g/mol. The van der Waals surface area contributed by atoms with E-state index in [2.05, 4.69) is 34.6 Å². The molecular formula is C46H85O7P. The molecule has 1 heterocycles. The summed E-state index contributed by atoms with van der Waals surface area (Å²) in [5.41, 5.74) is 0.481. The van der Waals surface area contributed by atoms with Gasteiger partial charge in [-0.05, 0) is 116 Å². The predicted molar refractivity (Wildman–Crippen MR) is 220 cm³/mol.